The number of hydrogen-bond donors (Lipinski definition) is 1. The molecule has 1 aliphatic heterocycles. The highest BCUT2D eigenvalue weighted by atomic mass is 32.1. The number of hydrogen-bond acceptors (Lipinski definition) is 4. The summed E-state index contributed by atoms with van der Waals surface area (Å²) in [7, 11) is 0. The molecular formula is C16H20N2OS. The molecule has 2 heterocycles. The Balaban J connectivity index is 1.82. The molecule has 1 aromatic heterocycles. The molecule has 0 amide bonds. The van der Waals surface area contributed by atoms with Crippen molar-refractivity contribution < 1.29 is 4.74 Å². The van der Waals surface area contributed by atoms with Crippen LogP contribution in [-0.2, 0) is 24.4 Å². The van der Waals surface area contributed by atoms with E-state index in [-0.39, 0.29) is 0 Å². The zero-order valence-corrected chi connectivity index (χ0v) is 12.8. The minimum absolute atomic E-state index is 0.330. The fourth-order valence-electron chi connectivity index (χ4n) is 2.63. The number of ether oxygens (including phenoxy) is 1. The van der Waals surface area contributed by atoms with Crippen molar-refractivity contribution in [2.24, 2.45) is 0 Å². The Kier molecular flexibility index (Phi) is 4.15. The van der Waals surface area contributed by atoms with Gasteiger partial charge < -0.3 is 10.1 Å². The molecule has 0 saturated heterocycles. The Morgan fingerprint density at radius 3 is 2.95 bits per heavy atom. The number of aryl methyl sites for hydroxylation is 1. The predicted octanol–water partition coefficient (Wildman–Crippen LogP) is 3.38. The van der Waals surface area contributed by atoms with Gasteiger partial charge in [-0.05, 0) is 30.2 Å². The maximum atomic E-state index is 5.50. The fourth-order valence-corrected chi connectivity index (χ4v) is 3.45. The lowest BCUT2D eigenvalue weighted by Gasteiger charge is -2.18. The van der Waals surface area contributed by atoms with Crippen LogP contribution < -0.4 is 5.32 Å². The third-order valence-corrected chi connectivity index (χ3v) is 4.63. The predicted molar refractivity (Wildman–Crippen MR) is 81.9 cm³/mol. The molecule has 2 aromatic rings. The quantitative estimate of drug-likeness (QED) is 0.916. The molecule has 1 atom stereocenters. The molecule has 1 unspecified atom stereocenters. The number of fused-ring (bicyclic) bond motifs is 1. The number of benzene rings is 1. The van der Waals surface area contributed by atoms with Crippen molar-refractivity contribution >= 4 is 11.3 Å². The fraction of sp³-hybridized carbons (Fsp3) is 0.438. The SMILES string of the molecule is CCNC(Cc1nc(C)cs1)c1ccc2c(c1)COC2. The van der Waals surface area contributed by atoms with Crippen LogP contribution in [0.3, 0.4) is 0 Å². The van der Waals surface area contributed by atoms with E-state index in [1.54, 1.807) is 11.3 Å². The number of nitrogens with zero attached hydrogens (tertiary/aromatic N) is 1. The highest BCUT2D eigenvalue weighted by molar-refractivity contribution is 7.09. The van der Waals surface area contributed by atoms with Crippen LogP contribution in [0.15, 0.2) is 23.6 Å². The van der Waals surface area contributed by atoms with E-state index in [0.29, 0.717) is 6.04 Å². The lowest BCUT2D eigenvalue weighted by Crippen LogP contribution is -2.23. The molecule has 0 bridgehead atoms. The van der Waals surface area contributed by atoms with Crippen LogP contribution >= 0.6 is 11.3 Å². The second-order valence-electron chi connectivity index (χ2n) is 5.22. The largest absolute Gasteiger partial charge is 0.372 e. The third-order valence-electron chi connectivity index (χ3n) is 3.64. The van der Waals surface area contributed by atoms with Gasteiger partial charge >= 0.3 is 0 Å². The molecule has 0 fully saturated rings. The summed E-state index contributed by atoms with van der Waals surface area (Å²) in [5, 5.41) is 6.89. The van der Waals surface area contributed by atoms with Crippen LogP contribution in [-0.4, -0.2) is 11.5 Å². The van der Waals surface area contributed by atoms with E-state index in [1.165, 1.54) is 21.7 Å². The first-order chi connectivity index (χ1) is 9.76. The van der Waals surface area contributed by atoms with Gasteiger partial charge in [-0.1, -0.05) is 25.1 Å². The first kappa shape index (κ1) is 13.7. The van der Waals surface area contributed by atoms with E-state index in [2.05, 4.69) is 47.7 Å². The Morgan fingerprint density at radius 2 is 2.20 bits per heavy atom. The van der Waals surface area contributed by atoms with Crippen LogP contribution in [0.25, 0.3) is 0 Å². The summed E-state index contributed by atoms with van der Waals surface area (Å²) in [4.78, 5) is 4.58. The van der Waals surface area contributed by atoms with Gasteiger partial charge in [0.25, 0.3) is 0 Å². The number of rotatable bonds is 5. The van der Waals surface area contributed by atoms with Crippen molar-refractivity contribution in [1.29, 1.82) is 0 Å². The zero-order chi connectivity index (χ0) is 13.9. The summed E-state index contributed by atoms with van der Waals surface area (Å²) in [5.41, 5.74) is 5.11. The summed E-state index contributed by atoms with van der Waals surface area (Å²) >= 11 is 1.75. The Morgan fingerprint density at radius 1 is 1.35 bits per heavy atom. The van der Waals surface area contributed by atoms with Crippen molar-refractivity contribution in [2.75, 3.05) is 6.54 Å². The maximum Gasteiger partial charge on any atom is 0.0947 e. The molecule has 1 aromatic carbocycles. The van der Waals surface area contributed by atoms with Gasteiger partial charge in [-0.2, -0.15) is 0 Å². The maximum absolute atomic E-state index is 5.50. The first-order valence-corrected chi connectivity index (χ1v) is 7.98. The first-order valence-electron chi connectivity index (χ1n) is 7.10. The highest BCUT2D eigenvalue weighted by Crippen LogP contribution is 2.26. The molecule has 4 heteroatoms. The number of likely N-dealkylation sites (N-methyl/N-ethyl adjacent to an activating group) is 1. The van der Waals surface area contributed by atoms with Gasteiger partial charge in [0.1, 0.15) is 0 Å². The molecule has 3 nitrogen and oxygen atoms in total. The standard InChI is InChI=1S/C16H20N2OS/c1-3-17-15(7-16-18-11(2)10-20-16)12-4-5-13-8-19-9-14(13)6-12/h4-6,10,15,17H,3,7-9H2,1-2H3. The summed E-state index contributed by atoms with van der Waals surface area (Å²) in [6.45, 7) is 6.67. The number of nitrogens with one attached hydrogen (secondary N) is 1. The van der Waals surface area contributed by atoms with Crippen molar-refractivity contribution in [3.63, 3.8) is 0 Å². The lowest BCUT2D eigenvalue weighted by atomic mass is 9.99. The Labute approximate surface area is 124 Å². The highest BCUT2D eigenvalue weighted by Gasteiger charge is 2.17. The van der Waals surface area contributed by atoms with E-state index >= 15 is 0 Å². The molecule has 0 radical (unpaired) electrons. The van der Waals surface area contributed by atoms with Gasteiger partial charge in [-0.15, -0.1) is 11.3 Å². The van der Waals surface area contributed by atoms with Gasteiger partial charge in [0.2, 0.25) is 0 Å². The van der Waals surface area contributed by atoms with E-state index < -0.39 is 0 Å². The van der Waals surface area contributed by atoms with E-state index in [4.69, 9.17) is 4.74 Å². The average molecular weight is 288 g/mol. The molecular weight excluding hydrogens is 268 g/mol. The second-order valence-corrected chi connectivity index (χ2v) is 6.16. The number of aromatic nitrogens is 1. The molecule has 1 aliphatic rings. The number of thiazole rings is 1. The van der Waals surface area contributed by atoms with Gasteiger partial charge in [0, 0.05) is 23.5 Å². The van der Waals surface area contributed by atoms with E-state index in [0.717, 1.165) is 31.9 Å². The molecule has 20 heavy (non-hydrogen) atoms. The Hall–Kier alpha value is -1.23. The van der Waals surface area contributed by atoms with Crippen LogP contribution in [0.5, 0.6) is 0 Å². The van der Waals surface area contributed by atoms with Crippen molar-refractivity contribution in [1.82, 2.24) is 10.3 Å². The van der Waals surface area contributed by atoms with E-state index in [9.17, 15) is 0 Å². The van der Waals surface area contributed by atoms with Gasteiger partial charge in [-0.25, -0.2) is 4.98 Å². The molecule has 0 saturated carbocycles. The molecule has 0 aliphatic carbocycles. The lowest BCUT2D eigenvalue weighted by molar-refractivity contribution is 0.134. The Bertz CT molecular complexity index is 594. The van der Waals surface area contributed by atoms with Gasteiger partial charge in [-0.3, -0.25) is 0 Å². The van der Waals surface area contributed by atoms with Gasteiger partial charge in [0.05, 0.1) is 18.2 Å². The smallest absolute Gasteiger partial charge is 0.0947 e. The normalized spacial score (nSPS) is 15.3. The third kappa shape index (κ3) is 2.92. The van der Waals surface area contributed by atoms with Crippen molar-refractivity contribution in [3.05, 3.63) is 51.0 Å². The molecule has 3 rings (SSSR count). The summed E-state index contributed by atoms with van der Waals surface area (Å²) in [6, 6.07) is 7.04. The summed E-state index contributed by atoms with van der Waals surface area (Å²) in [5.74, 6) is 0. The van der Waals surface area contributed by atoms with Crippen molar-refractivity contribution in [2.45, 2.75) is 39.5 Å². The molecule has 106 valence electrons. The van der Waals surface area contributed by atoms with Crippen molar-refractivity contribution in [3.8, 4) is 0 Å². The zero-order valence-electron chi connectivity index (χ0n) is 12.0. The second kappa shape index (κ2) is 6.04. The van der Waals surface area contributed by atoms with Gasteiger partial charge in [0.15, 0.2) is 0 Å². The summed E-state index contributed by atoms with van der Waals surface area (Å²) in [6.07, 6.45) is 0.950. The molecule has 0 spiro atoms. The van der Waals surface area contributed by atoms with Crippen LogP contribution in [0.1, 0.15) is 40.4 Å². The average Bonchev–Trinajstić information content (AvgIpc) is 3.06. The molecule has 1 N–H and O–H groups in total. The minimum atomic E-state index is 0.330. The van der Waals surface area contributed by atoms with Crippen LogP contribution in [0.2, 0.25) is 0 Å². The van der Waals surface area contributed by atoms with Crippen LogP contribution in [0, 0.1) is 6.92 Å². The van der Waals surface area contributed by atoms with E-state index in [1.807, 2.05) is 0 Å². The minimum Gasteiger partial charge on any atom is -0.372 e. The summed E-state index contributed by atoms with van der Waals surface area (Å²) < 4.78 is 5.50. The topological polar surface area (TPSA) is 34.2 Å². The van der Waals surface area contributed by atoms with Crippen LogP contribution in [0.4, 0.5) is 0 Å². The monoisotopic (exact) mass is 288 g/mol.